The number of aliphatic hydroxyl groups excluding tert-OH is 12. The van der Waals surface area contributed by atoms with Gasteiger partial charge in [-0.3, -0.25) is 9.35 Å². The molecule has 8 fully saturated rings. The van der Waals surface area contributed by atoms with Gasteiger partial charge >= 0.3 is 10.4 Å². The van der Waals surface area contributed by atoms with E-state index in [9.17, 15) is 84.1 Å². The number of aliphatic hydroxyl groups is 13. The van der Waals surface area contributed by atoms with Gasteiger partial charge in [-0.05, 0) is 120 Å². The van der Waals surface area contributed by atoms with Crippen LogP contribution in [0, 0.1) is 46.3 Å². The zero-order valence-electron chi connectivity index (χ0n) is 50.9. The van der Waals surface area contributed by atoms with Crippen molar-refractivity contribution in [1.82, 2.24) is 0 Å². The summed E-state index contributed by atoms with van der Waals surface area (Å²) in [5, 5.41) is 146. The number of carbonyl (C=O) groups is 1. The van der Waals surface area contributed by atoms with Crippen molar-refractivity contribution in [1.29, 1.82) is 0 Å². The molecule has 3 saturated carbocycles. The Morgan fingerprint density at radius 2 is 1.13 bits per heavy atom. The molecule has 9 aliphatic rings. The third-order valence-electron chi connectivity index (χ3n) is 21.5. The van der Waals surface area contributed by atoms with Gasteiger partial charge in [-0.15, -0.1) is 0 Å². The van der Waals surface area contributed by atoms with Crippen molar-refractivity contribution in [2.24, 2.45) is 46.3 Å². The van der Waals surface area contributed by atoms with E-state index >= 15 is 0 Å². The van der Waals surface area contributed by atoms with Gasteiger partial charge < -0.3 is 114 Å². The SMILES string of the molecule is CC(C)C(C)C(=O)CC(C)(O)C1CCC2C3CC(OC4OC(C)C(O)C(OC5OC(C)C(OC6OC(CO)C(O)C(O)C6OC6OC(C)C(O)C(O)C6O)C(O)C5OC5OC(C)C(O)C(O)C5O)C4O)C4CC(OS(=O)(=O)O)CCC4(C)C3=CCC21C. The van der Waals surface area contributed by atoms with Gasteiger partial charge in [-0.2, -0.15) is 8.42 Å². The summed E-state index contributed by atoms with van der Waals surface area (Å²) in [6.45, 7) is 16.6. The molecule has 14 N–H and O–H groups in total. The van der Waals surface area contributed by atoms with Gasteiger partial charge in [0.15, 0.2) is 31.5 Å². The van der Waals surface area contributed by atoms with E-state index in [2.05, 4.69) is 19.9 Å². The van der Waals surface area contributed by atoms with Crippen LogP contribution in [0.5, 0.6) is 0 Å². The number of allylic oxidation sites excluding steroid dienone is 2. The molecule has 29 heteroatoms. The minimum absolute atomic E-state index is 0.00385. The molecule has 87 heavy (non-hydrogen) atoms. The molecule has 0 aromatic rings. The van der Waals surface area contributed by atoms with Gasteiger partial charge in [0, 0.05) is 12.3 Å². The lowest BCUT2D eigenvalue weighted by Gasteiger charge is -2.60. The van der Waals surface area contributed by atoms with Crippen molar-refractivity contribution in [2.75, 3.05) is 6.61 Å². The Labute approximate surface area is 506 Å². The van der Waals surface area contributed by atoms with Gasteiger partial charge in [-0.1, -0.05) is 46.3 Å². The number of ether oxygens (including phenoxy) is 10. The topological polar surface area (TPSA) is 436 Å². The molecule has 0 aromatic heterocycles. The largest absolute Gasteiger partial charge is 0.397 e. The minimum Gasteiger partial charge on any atom is -0.394 e. The van der Waals surface area contributed by atoms with Crippen LogP contribution in [0.2, 0.25) is 0 Å². The van der Waals surface area contributed by atoms with Crippen LogP contribution in [0.25, 0.3) is 0 Å². The lowest BCUT2D eigenvalue weighted by Crippen LogP contribution is -2.68. The number of rotatable bonds is 18. The highest BCUT2D eigenvalue weighted by Crippen LogP contribution is 2.67. The van der Waals surface area contributed by atoms with E-state index in [1.54, 1.807) is 6.92 Å². The smallest absolute Gasteiger partial charge is 0.394 e. The number of fused-ring (bicyclic) bond motifs is 5. The average Bonchev–Trinajstić information content (AvgIpc) is 1.79. The fraction of sp³-hybridized carbons (Fsp3) is 0.948. The number of Topliss-reactive ketones (excluding diaryl/α,β-unsaturated/α-hetero) is 1. The van der Waals surface area contributed by atoms with Crippen molar-refractivity contribution >= 4 is 16.2 Å². The molecule has 0 amide bonds. The number of hydrogen-bond acceptors (Lipinski definition) is 27. The Hall–Kier alpha value is -1.64. The first-order chi connectivity index (χ1) is 40.5. The number of hydrogen-bond donors (Lipinski definition) is 14. The van der Waals surface area contributed by atoms with Crippen molar-refractivity contribution < 1.29 is 136 Å². The zero-order chi connectivity index (χ0) is 64.1. The van der Waals surface area contributed by atoms with Crippen molar-refractivity contribution in [3.63, 3.8) is 0 Å². The molecule has 5 heterocycles. The lowest BCUT2D eigenvalue weighted by molar-refractivity contribution is -0.407. The van der Waals surface area contributed by atoms with E-state index in [1.165, 1.54) is 27.7 Å². The molecule has 502 valence electrons. The molecule has 0 radical (unpaired) electrons. The molecule has 0 spiro atoms. The van der Waals surface area contributed by atoms with Gasteiger partial charge in [0.2, 0.25) is 0 Å². The predicted octanol–water partition coefficient (Wildman–Crippen LogP) is -2.04. The Morgan fingerprint density at radius 1 is 0.609 bits per heavy atom. The lowest BCUT2D eigenvalue weighted by atomic mass is 9.47. The van der Waals surface area contributed by atoms with Crippen LogP contribution in [-0.2, 0) is 66.7 Å². The second kappa shape index (κ2) is 26.6. The van der Waals surface area contributed by atoms with Crippen LogP contribution >= 0.6 is 0 Å². The summed E-state index contributed by atoms with van der Waals surface area (Å²) in [7, 11) is -4.89. The van der Waals surface area contributed by atoms with Gasteiger partial charge in [0.1, 0.15) is 103 Å². The van der Waals surface area contributed by atoms with Crippen LogP contribution in [0.4, 0.5) is 0 Å². The summed E-state index contributed by atoms with van der Waals surface area (Å²) < 4.78 is 101. The van der Waals surface area contributed by atoms with E-state index < -0.39 is 205 Å². The van der Waals surface area contributed by atoms with Crippen LogP contribution in [0.1, 0.15) is 121 Å². The predicted molar refractivity (Wildman–Crippen MR) is 295 cm³/mol. The Balaban J connectivity index is 0.996. The molecule has 0 aromatic carbocycles. The fourth-order valence-electron chi connectivity index (χ4n) is 16.0. The highest BCUT2D eigenvalue weighted by atomic mass is 32.3. The van der Waals surface area contributed by atoms with E-state index in [-0.39, 0.29) is 54.6 Å². The Bertz CT molecular complexity index is 2490. The third-order valence-corrected chi connectivity index (χ3v) is 22.0. The first-order valence-corrected chi connectivity index (χ1v) is 32.1. The summed E-state index contributed by atoms with van der Waals surface area (Å²) in [6.07, 6.45) is -39.1. The number of ketones is 1. The van der Waals surface area contributed by atoms with E-state index in [4.69, 9.17) is 51.6 Å². The van der Waals surface area contributed by atoms with Gasteiger partial charge in [0.05, 0.1) is 48.8 Å². The molecule has 35 unspecified atom stereocenters. The van der Waals surface area contributed by atoms with Gasteiger partial charge in [0.25, 0.3) is 0 Å². The maximum absolute atomic E-state index is 13.6. The molecule has 5 saturated heterocycles. The molecule has 9 rings (SSSR count). The second-order valence-electron chi connectivity index (χ2n) is 27.5. The highest BCUT2D eigenvalue weighted by molar-refractivity contribution is 7.80. The van der Waals surface area contributed by atoms with Crippen LogP contribution in [-0.4, -0.2) is 263 Å². The Morgan fingerprint density at radius 3 is 1.69 bits per heavy atom. The molecule has 5 aliphatic heterocycles. The average molecular weight is 1270 g/mol. The van der Waals surface area contributed by atoms with E-state index in [0.29, 0.717) is 32.1 Å². The fourth-order valence-corrected chi connectivity index (χ4v) is 16.5. The van der Waals surface area contributed by atoms with Crippen LogP contribution in [0.15, 0.2) is 11.6 Å². The Kier molecular flexibility index (Phi) is 21.3. The molecular formula is C58H96O28S. The monoisotopic (exact) mass is 1270 g/mol. The summed E-state index contributed by atoms with van der Waals surface area (Å²) in [4.78, 5) is 13.6. The van der Waals surface area contributed by atoms with Crippen LogP contribution in [0.3, 0.4) is 0 Å². The first-order valence-electron chi connectivity index (χ1n) is 30.8. The summed E-state index contributed by atoms with van der Waals surface area (Å²) in [5.41, 5.74) is -1.30. The van der Waals surface area contributed by atoms with Crippen LogP contribution < -0.4 is 0 Å². The van der Waals surface area contributed by atoms with E-state index in [1.807, 2.05) is 20.8 Å². The van der Waals surface area contributed by atoms with Gasteiger partial charge in [-0.25, -0.2) is 4.18 Å². The molecular weight excluding hydrogens is 1180 g/mol. The number of carbonyl (C=O) groups excluding carboxylic acids is 1. The normalized spacial score (nSPS) is 51.6. The van der Waals surface area contributed by atoms with E-state index in [0.717, 1.165) is 5.57 Å². The molecule has 4 aliphatic carbocycles. The quantitative estimate of drug-likeness (QED) is 0.0519. The van der Waals surface area contributed by atoms with Crippen molar-refractivity contribution in [3.8, 4) is 0 Å². The summed E-state index contributed by atoms with van der Waals surface area (Å²) >= 11 is 0. The maximum atomic E-state index is 13.6. The maximum Gasteiger partial charge on any atom is 0.397 e. The second-order valence-corrected chi connectivity index (χ2v) is 28.5. The van der Waals surface area contributed by atoms with Crippen molar-refractivity contribution in [2.45, 2.75) is 292 Å². The van der Waals surface area contributed by atoms with Crippen molar-refractivity contribution in [3.05, 3.63) is 11.6 Å². The zero-order valence-corrected chi connectivity index (χ0v) is 51.7. The standard InChI is InChI=1S/C58H96O28S/c1-21(2)22(3)32(60)19-58(10,72)35-12-11-29-28-18-33(31-17-27(86-87(73,74)75)13-15-56(31,8)30(28)14-16-57(29,35)9)80-53-46(71)48(38(63)25(6)78-53)83-54-50(85-52-44(69)41(66)37(62)24(5)77-52)45(70)47(26(7)79-54)82-55-49(42(67)39(64)34(20-59)81-55)84-51-43(68)40(65)36(61)23(4)76-51/h14,21-29,31,33-55,59,61-72H,11-13,15-20H2,1-10H3,(H,73,74,75). The molecule has 35 atom stereocenters. The third kappa shape index (κ3) is 13.6. The first kappa shape index (κ1) is 69.7. The molecule has 0 bridgehead atoms. The highest BCUT2D eigenvalue weighted by Gasteiger charge is 2.64. The minimum atomic E-state index is -4.89. The summed E-state index contributed by atoms with van der Waals surface area (Å²) in [5.74, 6) is -1.12. The summed E-state index contributed by atoms with van der Waals surface area (Å²) in [6, 6.07) is 0. The molecule has 28 nitrogen and oxygen atoms in total.